The summed E-state index contributed by atoms with van der Waals surface area (Å²) in [4.78, 5) is 13.4. The molecule has 3 rings (SSSR count). The van der Waals surface area contributed by atoms with Gasteiger partial charge in [0, 0.05) is 28.8 Å². The third-order valence-electron chi connectivity index (χ3n) is 3.56. The minimum atomic E-state index is 0.133. The molecule has 0 saturated heterocycles. The average molecular weight is 327 g/mol. The third kappa shape index (κ3) is 2.90. The van der Waals surface area contributed by atoms with Gasteiger partial charge in [-0.15, -0.1) is 11.3 Å². The number of methoxy groups -OCH3 is 1. The van der Waals surface area contributed by atoms with Gasteiger partial charge in [-0.2, -0.15) is 0 Å². The van der Waals surface area contributed by atoms with Crippen molar-refractivity contribution in [1.82, 2.24) is 15.0 Å². The van der Waals surface area contributed by atoms with Crippen LogP contribution in [0.15, 0.2) is 23.7 Å². The van der Waals surface area contributed by atoms with Crippen molar-refractivity contribution in [1.29, 1.82) is 0 Å². The van der Waals surface area contributed by atoms with Gasteiger partial charge in [-0.3, -0.25) is 0 Å². The predicted octanol–water partition coefficient (Wildman–Crippen LogP) is 3.91. The molecule has 1 aromatic carbocycles. The van der Waals surface area contributed by atoms with E-state index in [2.05, 4.69) is 15.0 Å². The van der Waals surface area contributed by atoms with E-state index in [9.17, 15) is 5.11 Å². The fraction of sp³-hybridized carbons (Fsp3) is 0.235. The molecule has 118 valence electrons. The molecule has 0 spiro atoms. The number of aryl methyl sites for hydroxylation is 3. The molecule has 0 radical (unpaired) electrons. The second-order valence-corrected chi connectivity index (χ2v) is 6.33. The summed E-state index contributed by atoms with van der Waals surface area (Å²) >= 11 is 1.57. The van der Waals surface area contributed by atoms with Crippen molar-refractivity contribution in [3.8, 4) is 34.0 Å². The number of aromatic nitrogens is 3. The monoisotopic (exact) mass is 327 g/mol. The van der Waals surface area contributed by atoms with Crippen molar-refractivity contribution in [2.24, 2.45) is 0 Å². The molecule has 23 heavy (non-hydrogen) atoms. The minimum Gasteiger partial charge on any atom is -0.507 e. The van der Waals surface area contributed by atoms with Crippen LogP contribution < -0.4 is 4.74 Å². The van der Waals surface area contributed by atoms with E-state index in [1.807, 2.05) is 32.2 Å². The highest BCUT2D eigenvalue weighted by Gasteiger charge is 2.18. The van der Waals surface area contributed by atoms with Gasteiger partial charge in [0.2, 0.25) is 0 Å². The molecular weight excluding hydrogens is 310 g/mol. The number of aromatic hydroxyl groups is 1. The Balaban J connectivity index is 2.26. The van der Waals surface area contributed by atoms with Gasteiger partial charge >= 0.3 is 0 Å². The van der Waals surface area contributed by atoms with Crippen molar-refractivity contribution >= 4 is 11.3 Å². The summed E-state index contributed by atoms with van der Waals surface area (Å²) in [5, 5.41) is 13.4. The van der Waals surface area contributed by atoms with E-state index in [0.29, 0.717) is 22.8 Å². The Morgan fingerprint density at radius 3 is 2.52 bits per heavy atom. The molecule has 2 heterocycles. The first-order valence-electron chi connectivity index (χ1n) is 7.13. The molecule has 0 atom stereocenters. The Kier molecular flexibility index (Phi) is 4.00. The molecule has 0 unspecified atom stereocenters. The first-order valence-corrected chi connectivity index (χ1v) is 8.01. The maximum Gasteiger partial charge on any atom is 0.128 e. The Morgan fingerprint density at radius 2 is 1.91 bits per heavy atom. The molecule has 0 aliphatic carbocycles. The summed E-state index contributed by atoms with van der Waals surface area (Å²) in [5.41, 5.74) is 3.87. The maximum atomic E-state index is 10.5. The highest BCUT2D eigenvalue weighted by atomic mass is 32.1. The summed E-state index contributed by atoms with van der Waals surface area (Å²) in [5.74, 6) is 1.39. The van der Waals surface area contributed by atoms with Gasteiger partial charge in [-0.1, -0.05) is 0 Å². The van der Waals surface area contributed by atoms with Crippen LogP contribution in [-0.2, 0) is 0 Å². The van der Waals surface area contributed by atoms with Crippen LogP contribution >= 0.6 is 11.3 Å². The van der Waals surface area contributed by atoms with Gasteiger partial charge < -0.3 is 9.84 Å². The number of hydrogen-bond acceptors (Lipinski definition) is 6. The maximum absolute atomic E-state index is 10.5. The number of nitrogens with zero attached hydrogens (tertiary/aromatic N) is 3. The highest BCUT2D eigenvalue weighted by Crippen LogP contribution is 2.39. The number of thiazole rings is 1. The molecule has 3 aromatic rings. The zero-order valence-electron chi connectivity index (χ0n) is 13.4. The van der Waals surface area contributed by atoms with E-state index in [4.69, 9.17) is 4.74 Å². The van der Waals surface area contributed by atoms with Gasteiger partial charge in [0.05, 0.1) is 23.5 Å². The lowest BCUT2D eigenvalue weighted by molar-refractivity contribution is 0.407. The molecule has 0 amide bonds. The Bertz CT molecular complexity index is 851. The number of phenols is 1. The average Bonchev–Trinajstić information content (AvgIpc) is 2.93. The molecule has 2 aromatic heterocycles. The third-order valence-corrected chi connectivity index (χ3v) is 4.34. The summed E-state index contributed by atoms with van der Waals surface area (Å²) in [7, 11) is 1.58. The van der Waals surface area contributed by atoms with Gasteiger partial charge in [0.25, 0.3) is 0 Å². The summed E-state index contributed by atoms with van der Waals surface area (Å²) in [6, 6.07) is 3.47. The van der Waals surface area contributed by atoms with E-state index in [1.165, 1.54) is 0 Å². The smallest absolute Gasteiger partial charge is 0.128 e. The standard InChI is InChI=1S/C17H17N3O2S/c1-9-5-12(22-4)6-15(21)16(9)17-13(7-18-10(2)19-17)14-8-23-11(3)20-14/h5-8,21H,1-4H3. The van der Waals surface area contributed by atoms with Crippen LogP contribution in [0.3, 0.4) is 0 Å². The van der Waals surface area contributed by atoms with Crippen molar-refractivity contribution in [3.05, 3.63) is 40.1 Å². The molecule has 0 aliphatic rings. The van der Waals surface area contributed by atoms with Crippen LogP contribution in [-0.4, -0.2) is 27.2 Å². The summed E-state index contributed by atoms with van der Waals surface area (Å²) in [6.45, 7) is 5.71. The molecule has 1 N–H and O–H groups in total. The quantitative estimate of drug-likeness (QED) is 0.790. The lowest BCUT2D eigenvalue weighted by atomic mass is 9.99. The Morgan fingerprint density at radius 1 is 1.13 bits per heavy atom. The molecule has 6 heteroatoms. The van der Waals surface area contributed by atoms with Crippen LogP contribution in [0.4, 0.5) is 0 Å². The van der Waals surface area contributed by atoms with E-state index < -0.39 is 0 Å². The predicted molar refractivity (Wildman–Crippen MR) is 91.0 cm³/mol. The second kappa shape index (κ2) is 5.96. The van der Waals surface area contributed by atoms with Gasteiger partial charge in [-0.05, 0) is 32.4 Å². The van der Waals surface area contributed by atoms with E-state index >= 15 is 0 Å². The van der Waals surface area contributed by atoms with Crippen LogP contribution in [0, 0.1) is 20.8 Å². The molecule has 0 fully saturated rings. The Labute approximate surface area is 138 Å². The SMILES string of the molecule is COc1cc(C)c(-c2nc(C)ncc2-c2csc(C)n2)c(O)c1. The highest BCUT2D eigenvalue weighted by molar-refractivity contribution is 7.09. The largest absolute Gasteiger partial charge is 0.507 e. The van der Waals surface area contributed by atoms with E-state index in [1.54, 1.807) is 30.7 Å². The topological polar surface area (TPSA) is 68.1 Å². The van der Waals surface area contributed by atoms with Crippen LogP contribution in [0.1, 0.15) is 16.4 Å². The van der Waals surface area contributed by atoms with Crippen molar-refractivity contribution in [2.75, 3.05) is 7.11 Å². The van der Waals surface area contributed by atoms with Crippen LogP contribution in [0.25, 0.3) is 22.5 Å². The number of rotatable bonds is 3. The number of benzene rings is 1. The normalized spacial score (nSPS) is 10.8. The lowest BCUT2D eigenvalue weighted by Crippen LogP contribution is -1.98. The first-order chi connectivity index (χ1) is 11.0. The van der Waals surface area contributed by atoms with Crippen molar-refractivity contribution < 1.29 is 9.84 Å². The van der Waals surface area contributed by atoms with Gasteiger partial charge in [0.1, 0.15) is 17.3 Å². The van der Waals surface area contributed by atoms with Crippen molar-refractivity contribution in [3.63, 3.8) is 0 Å². The number of phenolic OH excluding ortho intramolecular Hbond substituents is 1. The lowest BCUT2D eigenvalue weighted by Gasteiger charge is -2.13. The van der Waals surface area contributed by atoms with Crippen LogP contribution in [0.2, 0.25) is 0 Å². The summed E-state index contributed by atoms with van der Waals surface area (Å²) in [6.07, 6.45) is 1.76. The zero-order chi connectivity index (χ0) is 16.6. The molecule has 0 aliphatic heterocycles. The molecular formula is C17H17N3O2S. The minimum absolute atomic E-state index is 0.133. The zero-order valence-corrected chi connectivity index (χ0v) is 14.2. The van der Waals surface area contributed by atoms with Crippen LogP contribution in [0.5, 0.6) is 11.5 Å². The van der Waals surface area contributed by atoms with E-state index in [-0.39, 0.29) is 5.75 Å². The fourth-order valence-electron chi connectivity index (χ4n) is 2.50. The fourth-order valence-corrected chi connectivity index (χ4v) is 3.11. The molecule has 0 bridgehead atoms. The van der Waals surface area contributed by atoms with Crippen molar-refractivity contribution in [2.45, 2.75) is 20.8 Å². The number of hydrogen-bond donors (Lipinski definition) is 1. The van der Waals surface area contributed by atoms with E-state index in [0.717, 1.165) is 21.8 Å². The Hall–Kier alpha value is -2.47. The first kappa shape index (κ1) is 15.4. The molecule has 5 nitrogen and oxygen atoms in total. The number of ether oxygens (including phenoxy) is 1. The second-order valence-electron chi connectivity index (χ2n) is 5.27. The molecule has 0 saturated carbocycles. The summed E-state index contributed by atoms with van der Waals surface area (Å²) < 4.78 is 5.21. The van der Waals surface area contributed by atoms with Gasteiger partial charge in [0.15, 0.2) is 0 Å². The van der Waals surface area contributed by atoms with Gasteiger partial charge in [-0.25, -0.2) is 15.0 Å².